The van der Waals surface area contributed by atoms with E-state index in [1.54, 1.807) is 39.2 Å². The smallest absolute Gasteiger partial charge is 0.255 e. The quantitative estimate of drug-likeness (QED) is 0.192. The van der Waals surface area contributed by atoms with Crippen molar-refractivity contribution in [3.05, 3.63) is 34.1 Å². The molecule has 260 valence electrons. The van der Waals surface area contributed by atoms with E-state index >= 15 is 0 Å². The Labute approximate surface area is 280 Å². The summed E-state index contributed by atoms with van der Waals surface area (Å²) in [6.45, 7) is 1.67. The molecule has 1 heterocycles. The first kappa shape index (κ1) is 33.9. The van der Waals surface area contributed by atoms with Crippen LogP contribution in [0, 0.1) is 17.8 Å². The van der Waals surface area contributed by atoms with Crippen LogP contribution in [-0.4, -0.2) is 113 Å². The van der Waals surface area contributed by atoms with Crippen LogP contribution in [0.5, 0.6) is 5.75 Å². The number of hydrogen-bond acceptors (Lipinski definition) is 11. The van der Waals surface area contributed by atoms with E-state index in [4.69, 9.17) is 5.73 Å². The lowest BCUT2D eigenvalue weighted by atomic mass is 9.57. The molecule has 0 aromatic heterocycles. The molecule has 3 fully saturated rings. The number of aromatic hydroxyl groups is 1. The first-order chi connectivity index (χ1) is 22.7. The van der Waals surface area contributed by atoms with Gasteiger partial charge in [-0.2, -0.15) is 0 Å². The minimum absolute atomic E-state index is 0.00255. The number of carbonyl (C=O) groups excluding carboxylic acids is 4. The zero-order valence-electron chi connectivity index (χ0n) is 28.1. The average molecular weight is 666 g/mol. The number of aliphatic hydroxyl groups excluding tert-OH is 2. The van der Waals surface area contributed by atoms with Gasteiger partial charge in [0.05, 0.1) is 17.3 Å². The van der Waals surface area contributed by atoms with Gasteiger partial charge in [0.1, 0.15) is 22.8 Å². The van der Waals surface area contributed by atoms with Gasteiger partial charge in [-0.05, 0) is 83.3 Å². The number of nitrogens with one attached hydrogen (secondary N) is 1. The molecule has 48 heavy (non-hydrogen) atoms. The Bertz CT molecular complexity index is 1620. The van der Waals surface area contributed by atoms with Gasteiger partial charge in [-0.25, -0.2) is 0 Å². The number of amides is 2. The number of likely N-dealkylation sites (N-methyl/N-ethyl adjacent to an activating group) is 1. The van der Waals surface area contributed by atoms with Crippen LogP contribution < -0.4 is 16.0 Å². The normalized spacial score (nSPS) is 28.7. The monoisotopic (exact) mass is 665 g/mol. The van der Waals surface area contributed by atoms with E-state index in [2.05, 4.69) is 10.2 Å². The first-order valence-corrected chi connectivity index (χ1v) is 16.9. The summed E-state index contributed by atoms with van der Waals surface area (Å²) in [5.74, 6) is -7.64. The molecular formula is C35H47N5O8. The number of hydrogen-bond donors (Lipinski definition) is 6. The van der Waals surface area contributed by atoms with Crippen LogP contribution >= 0.6 is 0 Å². The molecule has 13 heteroatoms. The molecule has 2 amide bonds. The molecule has 13 nitrogen and oxygen atoms in total. The molecule has 1 aliphatic heterocycles. The number of primary amides is 1. The Morgan fingerprint density at radius 2 is 1.65 bits per heavy atom. The van der Waals surface area contributed by atoms with Gasteiger partial charge in [0.25, 0.3) is 5.91 Å². The van der Waals surface area contributed by atoms with Crippen molar-refractivity contribution in [2.24, 2.45) is 23.5 Å². The molecule has 0 radical (unpaired) electrons. The maximum atomic E-state index is 14.2. The van der Waals surface area contributed by atoms with E-state index in [0.29, 0.717) is 30.1 Å². The molecule has 0 unspecified atom stereocenters. The number of nitrogens with zero attached hydrogens (tertiary/aromatic N) is 3. The second kappa shape index (κ2) is 12.5. The van der Waals surface area contributed by atoms with Crippen LogP contribution in [0.25, 0.3) is 5.76 Å². The predicted octanol–water partition coefficient (Wildman–Crippen LogP) is 2.01. The summed E-state index contributed by atoms with van der Waals surface area (Å²) in [7, 11) is 6.70. The molecule has 4 aliphatic carbocycles. The molecule has 7 N–H and O–H groups in total. The Kier molecular flexibility index (Phi) is 8.84. The highest BCUT2D eigenvalue weighted by molar-refractivity contribution is 6.24. The fourth-order valence-corrected chi connectivity index (χ4v) is 8.99. The van der Waals surface area contributed by atoms with Crippen molar-refractivity contribution in [1.82, 2.24) is 9.80 Å². The van der Waals surface area contributed by atoms with Crippen molar-refractivity contribution >= 4 is 40.5 Å². The second-order valence-electron chi connectivity index (χ2n) is 14.6. The third-order valence-corrected chi connectivity index (χ3v) is 11.4. The zero-order valence-corrected chi connectivity index (χ0v) is 28.1. The number of anilines is 2. The predicted molar refractivity (Wildman–Crippen MR) is 178 cm³/mol. The highest BCUT2D eigenvalue weighted by Crippen LogP contribution is 2.54. The second-order valence-corrected chi connectivity index (χ2v) is 14.6. The molecule has 1 aromatic rings. The Morgan fingerprint density at radius 3 is 2.23 bits per heavy atom. The highest BCUT2D eigenvalue weighted by atomic mass is 16.3. The molecule has 0 spiro atoms. The van der Waals surface area contributed by atoms with Crippen LogP contribution in [0.4, 0.5) is 11.4 Å². The summed E-state index contributed by atoms with van der Waals surface area (Å²) in [5, 5.41) is 49.2. The summed E-state index contributed by atoms with van der Waals surface area (Å²) in [6, 6.07) is 1.08. The highest BCUT2D eigenvalue weighted by Gasteiger charge is 2.64. The molecule has 6 rings (SSSR count). The molecule has 0 bridgehead atoms. The summed E-state index contributed by atoms with van der Waals surface area (Å²) >= 11 is 0. The van der Waals surface area contributed by atoms with Crippen molar-refractivity contribution in [2.75, 3.05) is 51.5 Å². The van der Waals surface area contributed by atoms with Crippen molar-refractivity contribution in [3.63, 3.8) is 0 Å². The summed E-state index contributed by atoms with van der Waals surface area (Å²) in [5.41, 5.74) is 2.77. The number of nitrogens with two attached hydrogens (primary N) is 1. The van der Waals surface area contributed by atoms with E-state index in [1.807, 2.05) is 0 Å². The number of aliphatic hydroxyl groups is 3. The van der Waals surface area contributed by atoms with Gasteiger partial charge in [0, 0.05) is 43.2 Å². The van der Waals surface area contributed by atoms with E-state index in [1.165, 1.54) is 37.0 Å². The summed E-state index contributed by atoms with van der Waals surface area (Å²) in [4.78, 5) is 59.1. The van der Waals surface area contributed by atoms with Gasteiger partial charge >= 0.3 is 0 Å². The van der Waals surface area contributed by atoms with Crippen molar-refractivity contribution in [3.8, 4) is 5.75 Å². The number of fused-ring (bicyclic) bond motifs is 3. The van der Waals surface area contributed by atoms with E-state index in [0.717, 1.165) is 13.1 Å². The number of rotatable bonds is 6. The van der Waals surface area contributed by atoms with Gasteiger partial charge < -0.3 is 41.3 Å². The molecular weight excluding hydrogens is 618 g/mol. The van der Waals surface area contributed by atoms with Gasteiger partial charge in [-0.1, -0.05) is 19.3 Å². The van der Waals surface area contributed by atoms with Gasteiger partial charge in [-0.15, -0.1) is 0 Å². The van der Waals surface area contributed by atoms with E-state index in [9.17, 15) is 39.6 Å². The van der Waals surface area contributed by atoms with Crippen molar-refractivity contribution < 1.29 is 39.6 Å². The fourth-order valence-electron chi connectivity index (χ4n) is 8.99. The molecule has 2 saturated carbocycles. The minimum atomic E-state index is -2.72. The largest absolute Gasteiger partial charge is 0.508 e. The third-order valence-electron chi connectivity index (χ3n) is 11.4. The SMILES string of the molecule is CN(C)c1cc(NC(=O)C2CCN(C3CCCCC3)CC2)c(O)c2c1C[C@H]1C[C@H]3[C@H](N(C)C)C(=O)C(C(N)=O)=C(O)[C@@]3(O)C(=O)C1=C2O. The van der Waals surface area contributed by atoms with E-state index in [-0.39, 0.29) is 41.5 Å². The van der Waals surface area contributed by atoms with Crippen LogP contribution in [-0.2, 0) is 25.6 Å². The topological polar surface area (TPSA) is 197 Å². The van der Waals surface area contributed by atoms with Crippen LogP contribution in [0.1, 0.15) is 62.5 Å². The van der Waals surface area contributed by atoms with Crippen molar-refractivity contribution in [2.45, 2.75) is 75.5 Å². The van der Waals surface area contributed by atoms with Crippen LogP contribution in [0.15, 0.2) is 23.0 Å². The molecule has 4 atom stereocenters. The van der Waals surface area contributed by atoms with Gasteiger partial charge in [-0.3, -0.25) is 24.1 Å². The number of piperidine rings is 1. The maximum absolute atomic E-state index is 14.2. The maximum Gasteiger partial charge on any atom is 0.255 e. The molecule has 1 saturated heterocycles. The van der Waals surface area contributed by atoms with Gasteiger partial charge in [0.15, 0.2) is 11.4 Å². The number of phenols is 1. The Balaban J connectivity index is 1.35. The van der Waals surface area contributed by atoms with Gasteiger partial charge in [0.2, 0.25) is 11.7 Å². The Morgan fingerprint density at radius 1 is 1.00 bits per heavy atom. The number of likely N-dealkylation sites (tertiary alicyclic amines) is 1. The van der Waals surface area contributed by atoms with Crippen LogP contribution in [0.3, 0.4) is 0 Å². The van der Waals surface area contributed by atoms with Crippen LogP contribution in [0.2, 0.25) is 0 Å². The number of Topliss-reactive ketones (excluding diaryl/α,β-unsaturated/α-hetero) is 2. The standard InChI is InChI=1S/C35H47N5O8/c1-38(2)23-16-22(37-34(47)17-10-12-40(13-11-17)19-8-6-5-7-9-19)28(41)25-20(23)14-18-15-21-27(39(3)4)30(43)26(33(36)46)32(45)35(21,48)31(44)24(18)29(25)42/h16-19,21,27,41-42,45,48H,5-15H2,1-4H3,(H2,36,46)(H,37,47)/t18-,21-,27-,35-/m0/s1. The fraction of sp³-hybridized carbons (Fsp3) is 0.600. The zero-order chi connectivity index (χ0) is 34.8. The first-order valence-electron chi connectivity index (χ1n) is 16.9. The minimum Gasteiger partial charge on any atom is -0.508 e. The lowest BCUT2D eigenvalue weighted by Gasteiger charge is -2.50. The lowest BCUT2D eigenvalue weighted by Crippen LogP contribution is -2.65. The number of carbonyl (C=O) groups is 4. The number of phenolic OH excluding ortho intramolecular Hbond substituents is 1. The molecule has 1 aromatic carbocycles. The summed E-state index contributed by atoms with van der Waals surface area (Å²) < 4.78 is 0. The third kappa shape index (κ3) is 5.26. The van der Waals surface area contributed by atoms with E-state index < -0.39 is 63.8 Å². The summed E-state index contributed by atoms with van der Waals surface area (Å²) in [6.07, 6.45) is 7.71. The lowest BCUT2D eigenvalue weighted by molar-refractivity contribution is -0.153. The average Bonchev–Trinajstić information content (AvgIpc) is 3.04. The number of benzene rings is 1. The number of ketones is 2. The van der Waals surface area contributed by atoms with Crippen molar-refractivity contribution in [1.29, 1.82) is 0 Å². The Hall–Kier alpha value is -3.94. The molecule has 5 aliphatic rings.